The molecule has 1 aliphatic heterocycles. The van der Waals surface area contributed by atoms with Crippen molar-refractivity contribution in [1.29, 1.82) is 0 Å². The van der Waals surface area contributed by atoms with Gasteiger partial charge in [-0.25, -0.2) is 4.79 Å². The van der Waals surface area contributed by atoms with E-state index >= 15 is 0 Å². The maximum atomic E-state index is 12.6. The normalized spacial score (nSPS) is 15.0. The molecule has 1 aromatic carbocycles. The van der Waals surface area contributed by atoms with Crippen molar-refractivity contribution in [3.8, 4) is 0 Å². The minimum atomic E-state index is -0.295. The molecule has 1 aromatic rings. The predicted octanol–water partition coefficient (Wildman–Crippen LogP) is 2.22. The van der Waals surface area contributed by atoms with Crippen LogP contribution in [0, 0.1) is 13.8 Å². The first-order chi connectivity index (χ1) is 10.0. The molecule has 5 nitrogen and oxygen atoms in total. The first-order valence-corrected chi connectivity index (χ1v) is 7.31. The second-order valence-corrected chi connectivity index (χ2v) is 5.30. The molecule has 0 aromatic heterocycles. The number of hydrogen-bond donors (Lipinski definition) is 0. The third-order valence-electron chi connectivity index (χ3n) is 3.72. The van der Waals surface area contributed by atoms with Crippen LogP contribution < -0.4 is 0 Å². The zero-order valence-corrected chi connectivity index (χ0v) is 12.9. The predicted molar refractivity (Wildman–Crippen MR) is 80.4 cm³/mol. The van der Waals surface area contributed by atoms with Crippen LogP contribution >= 0.6 is 0 Å². The summed E-state index contributed by atoms with van der Waals surface area (Å²) in [6.07, 6.45) is -0.295. The molecule has 1 fully saturated rings. The SMILES string of the molecule is CCOC(=O)N1CCN(C(=O)c2cc(C)ccc2C)CC1. The van der Waals surface area contributed by atoms with E-state index in [1.807, 2.05) is 32.0 Å². The van der Waals surface area contributed by atoms with Gasteiger partial charge in [0.25, 0.3) is 5.91 Å². The monoisotopic (exact) mass is 290 g/mol. The van der Waals surface area contributed by atoms with Crippen LogP contribution in [0.5, 0.6) is 0 Å². The average molecular weight is 290 g/mol. The smallest absolute Gasteiger partial charge is 0.409 e. The van der Waals surface area contributed by atoms with Gasteiger partial charge in [-0.3, -0.25) is 4.79 Å². The Kier molecular flexibility index (Phi) is 4.83. The number of benzene rings is 1. The highest BCUT2D eigenvalue weighted by atomic mass is 16.6. The van der Waals surface area contributed by atoms with Gasteiger partial charge in [-0.2, -0.15) is 0 Å². The Labute approximate surface area is 125 Å². The van der Waals surface area contributed by atoms with Gasteiger partial charge in [-0.15, -0.1) is 0 Å². The van der Waals surface area contributed by atoms with Gasteiger partial charge in [0.2, 0.25) is 0 Å². The van der Waals surface area contributed by atoms with Crippen molar-refractivity contribution < 1.29 is 14.3 Å². The Bertz CT molecular complexity index is 534. The lowest BCUT2D eigenvalue weighted by atomic mass is 10.0. The largest absolute Gasteiger partial charge is 0.450 e. The van der Waals surface area contributed by atoms with E-state index in [-0.39, 0.29) is 12.0 Å². The maximum absolute atomic E-state index is 12.6. The second-order valence-electron chi connectivity index (χ2n) is 5.30. The lowest BCUT2D eigenvalue weighted by Gasteiger charge is -2.34. The molecule has 1 saturated heterocycles. The summed E-state index contributed by atoms with van der Waals surface area (Å²) in [5, 5.41) is 0. The standard InChI is InChI=1S/C16H22N2O3/c1-4-21-16(20)18-9-7-17(8-10-18)15(19)14-11-12(2)5-6-13(14)3/h5-6,11H,4,7-10H2,1-3H3. The molecule has 0 aliphatic carbocycles. The van der Waals surface area contributed by atoms with Crippen LogP contribution in [0.4, 0.5) is 4.79 Å². The number of ether oxygens (including phenoxy) is 1. The summed E-state index contributed by atoms with van der Waals surface area (Å²) in [5.41, 5.74) is 2.81. The molecule has 0 spiro atoms. The van der Waals surface area contributed by atoms with Gasteiger partial charge in [0.15, 0.2) is 0 Å². The first kappa shape index (κ1) is 15.4. The first-order valence-electron chi connectivity index (χ1n) is 7.31. The van der Waals surface area contributed by atoms with Gasteiger partial charge >= 0.3 is 6.09 Å². The minimum absolute atomic E-state index is 0.0414. The topological polar surface area (TPSA) is 49.9 Å². The van der Waals surface area contributed by atoms with Crippen molar-refractivity contribution in [3.63, 3.8) is 0 Å². The molecule has 21 heavy (non-hydrogen) atoms. The number of piperazine rings is 1. The lowest BCUT2D eigenvalue weighted by molar-refractivity contribution is 0.0570. The number of carbonyl (C=O) groups is 2. The molecule has 1 aliphatic rings. The zero-order chi connectivity index (χ0) is 15.4. The molecule has 0 bridgehead atoms. The number of hydrogen-bond acceptors (Lipinski definition) is 3. The molecule has 0 saturated carbocycles. The van der Waals surface area contributed by atoms with Crippen molar-refractivity contribution in [2.45, 2.75) is 20.8 Å². The van der Waals surface area contributed by atoms with E-state index in [9.17, 15) is 9.59 Å². The lowest BCUT2D eigenvalue weighted by Crippen LogP contribution is -2.50. The number of nitrogens with zero attached hydrogens (tertiary/aromatic N) is 2. The number of carbonyl (C=O) groups excluding carboxylic acids is 2. The van der Waals surface area contributed by atoms with Gasteiger partial charge in [0, 0.05) is 31.7 Å². The van der Waals surface area contributed by atoms with Gasteiger partial charge in [-0.05, 0) is 32.4 Å². The second kappa shape index (κ2) is 6.61. The van der Waals surface area contributed by atoms with Crippen LogP contribution in [-0.2, 0) is 4.74 Å². The fraction of sp³-hybridized carbons (Fsp3) is 0.500. The minimum Gasteiger partial charge on any atom is -0.450 e. The van der Waals surface area contributed by atoms with Crippen LogP contribution in [0.25, 0.3) is 0 Å². The summed E-state index contributed by atoms with van der Waals surface area (Å²) in [7, 11) is 0. The van der Waals surface area contributed by atoms with E-state index in [4.69, 9.17) is 4.74 Å². The third-order valence-corrected chi connectivity index (χ3v) is 3.72. The van der Waals surface area contributed by atoms with Gasteiger partial charge < -0.3 is 14.5 Å². The molecule has 0 N–H and O–H groups in total. The highest BCUT2D eigenvalue weighted by Gasteiger charge is 2.26. The van der Waals surface area contributed by atoms with E-state index in [0.717, 1.165) is 16.7 Å². The molecule has 114 valence electrons. The fourth-order valence-electron chi connectivity index (χ4n) is 2.44. The molecular weight excluding hydrogens is 268 g/mol. The molecule has 0 radical (unpaired) electrons. The summed E-state index contributed by atoms with van der Waals surface area (Å²) >= 11 is 0. The van der Waals surface area contributed by atoms with Crippen LogP contribution in [-0.4, -0.2) is 54.6 Å². The Morgan fingerprint density at radius 1 is 1.10 bits per heavy atom. The van der Waals surface area contributed by atoms with E-state index in [0.29, 0.717) is 32.8 Å². The van der Waals surface area contributed by atoms with E-state index in [1.165, 1.54) is 0 Å². The Morgan fingerprint density at radius 2 is 1.71 bits per heavy atom. The third kappa shape index (κ3) is 3.54. The van der Waals surface area contributed by atoms with Crippen LogP contribution in [0.15, 0.2) is 18.2 Å². The summed E-state index contributed by atoms with van der Waals surface area (Å²) < 4.78 is 4.98. The maximum Gasteiger partial charge on any atom is 0.409 e. The quantitative estimate of drug-likeness (QED) is 0.839. The number of rotatable bonds is 2. The molecule has 0 atom stereocenters. The van der Waals surface area contributed by atoms with Crippen molar-refractivity contribution in [2.75, 3.05) is 32.8 Å². The number of amides is 2. The van der Waals surface area contributed by atoms with Gasteiger partial charge in [0.1, 0.15) is 0 Å². The van der Waals surface area contributed by atoms with Crippen molar-refractivity contribution in [2.24, 2.45) is 0 Å². The Hall–Kier alpha value is -2.04. The molecule has 5 heteroatoms. The molecule has 2 rings (SSSR count). The molecule has 1 heterocycles. The van der Waals surface area contributed by atoms with Crippen molar-refractivity contribution in [3.05, 3.63) is 34.9 Å². The summed E-state index contributed by atoms with van der Waals surface area (Å²) in [6, 6.07) is 5.90. The van der Waals surface area contributed by atoms with Crippen molar-refractivity contribution >= 4 is 12.0 Å². The number of aryl methyl sites for hydroxylation is 2. The van der Waals surface area contributed by atoms with E-state index in [1.54, 1.807) is 16.7 Å². The molecule has 2 amide bonds. The van der Waals surface area contributed by atoms with Crippen LogP contribution in [0.1, 0.15) is 28.4 Å². The fourth-order valence-corrected chi connectivity index (χ4v) is 2.44. The average Bonchev–Trinajstić information content (AvgIpc) is 2.49. The summed E-state index contributed by atoms with van der Waals surface area (Å²) in [6.45, 7) is 8.23. The Morgan fingerprint density at radius 3 is 2.33 bits per heavy atom. The van der Waals surface area contributed by atoms with Gasteiger partial charge in [-0.1, -0.05) is 17.7 Å². The van der Waals surface area contributed by atoms with E-state index < -0.39 is 0 Å². The Balaban J connectivity index is 2.00. The molecular formula is C16H22N2O3. The highest BCUT2D eigenvalue weighted by Crippen LogP contribution is 2.15. The van der Waals surface area contributed by atoms with E-state index in [2.05, 4.69) is 0 Å². The molecule has 0 unspecified atom stereocenters. The van der Waals surface area contributed by atoms with Gasteiger partial charge in [0.05, 0.1) is 6.61 Å². The summed E-state index contributed by atoms with van der Waals surface area (Å²) in [5.74, 6) is 0.0414. The summed E-state index contributed by atoms with van der Waals surface area (Å²) in [4.78, 5) is 27.7. The highest BCUT2D eigenvalue weighted by molar-refractivity contribution is 5.96. The van der Waals surface area contributed by atoms with Crippen LogP contribution in [0.2, 0.25) is 0 Å². The zero-order valence-electron chi connectivity index (χ0n) is 12.9. The van der Waals surface area contributed by atoms with Crippen LogP contribution in [0.3, 0.4) is 0 Å². The van der Waals surface area contributed by atoms with Crippen molar-refractivity contribution in [1.82, 2.24) is 9.80 Å².